The van der Waals surface area contributed by atoms with Crippen molar-refractivity contribution in [3.63, 3.8) is 0 Å². The van der Waals surface area contributed by atoms with Crippen LogP contribution in [0.15, 0.2) is 34.7 Å². The molecule has 150 valence electrons. The summed E-state index contributed by atoms with van der Waals surface area (Å²) in [6.45, 7) is 0.640. The maximum atomic E-state index is 13.3. The average Bonchev–Trinajstić information content (AvgIpc) is 3.46. The fourth-order valence-electron chi connectivity index (χ4n) is 4.06. The molecule has 1 amide bonds. The molecular formula is C20H24N2O5S. The average molecular weight is 404 g/mol. The van der Waals surface area contributed by atoms with Crippen LogP contribution in [0.1, 0.15) is 23.4 Å². The third-order valence-corrected chi connectivity index (χ3v) is 6.60. The number of thioether (sulfide) groups is 1. The lowest BCUT2D eigenvalue weighted by Crippen LogP contribution is -2.54. The monoisotopic (exact) mass is 404 g/mol. The molecule has 1 aromatic carbocycles. The van der Waals surface area contributed by atoms with Crippen LogP contribution in [0, 0.1) is 0 Å². The summed E-state index contributed by atoms with van der Waals surface area (Å²) in [5, 5.41) is 3.56. The van der Waals surface area contributed by atoms with Gasteiger partial charge in [0.1, 0.15) is 11.6 Å². The molecule has 0 bridgehead atoms. The summed E-state index contributed by atoms with van der Waals surface area (Å²) in [6, 6.07) is 8.54. The molecule has 0 spiro atoms. The van der Waals surface area contributed by atoms with Gasteiger partial charge in [0, 0.05) is 32.0 Å². The highest BCUT2D eigenvalue weighted by Gasteiger charge is 2.45. The van der Waals surface area contributed by atoms with Crippen LogP contribution < -0.4 is 5.32 Å². The van der Waals surface area contributed by atoms with Gasteiger partial charge in [-0.05, 0) is 25.0 Å². The Labute approximate surface area is 167 Å². The maximum absolute atomic E-state index is 13.3. The number of furan rings is 1. The van der Waals surface area contributed by atoms with E-state index in [-0.39, 0.29) is 17.7 Å². The summed E-state index contributed by atoms with van der Waals surface area (Å²) < 4.78 is 16.5. The zero-order valence-corrected chi connectivity index (χ0v) is 16.7. The molecule has 4 rings (SSSR count). The second-order valence-electron chi connectivity index (χ2n) is 7.01. The lowest BCUT2D eigenvalue weighted by molar-refractivity contribution is -0.158. The number of benzene rings is 1. The number of rotatable bonds is 6. The first-order valence-corrected chi connectivity index (χ1v) is 10.4. The number of carbonyl (C=O) groups is 2. The SMILES string of the molecule is COC(OC)[C@@H]1CCCN1C(=O)[C@H]1NCSC1C(=O)c1cc2ccccc2o1. The minimum atomic E-state index is -0.583. The van der Waals surface area contributed by atoms with Gasteiger partial charge < -0.3 is 18.8 Å². The molecule has 0 saturated carbocycles. The number of likely N-dealkylation sites (tertiary alicyclic amines) is 1. The minimum Gasteiger partial charge on any atom is -0.453 e. The summed E-state index contributed by atoms with van der Waals surface area (Å²) in [6.07, 6.45) is 1.24. The Morgan fingerprint density at radius 2 is 2.07 bits per heavy atom. The van der Waals surface area contributed by atoms with Gasteiger partial charge in [0.25, 0.3) is 0 Å². The van der Waals surface area contributed by atoms with Crippen LogP contribution >= 0.6 is 11.8 Å². The molecule has 2 saturated heterocycles. The number of nitrogens with zero attached hydrogens (tertiary/aromatic N) is 1. The van der Waals surface area contributed by atoms with Crippen molar-refractivity contribution >= 4 is 34.4 Å². The topological polar surface area (TPSA) is 81.0 Å². The number of ketones is 1. The fraction of sp³-hybridized carbons (Fsp3) is 0.500. The summed E-state index contributed by atoms with van der Waals surface area (Å²) in [5.41, 5.74) is 0.673. The van der Waals surface area contributed by atoms with Crippen molar-refractivity contribution in [3.05, 3.63) is 36.1 Å². The van der Waals surface area contributed by atoms with Gasteiger partial charge in [-0.2, -0.15) is 0 Å². The minimum absolute atomic E-state index is 0.0824. The first kappa shape index (κ1) is 19.4. The van der Waals surface area contributed by atoms with Crippen molar-refractivity contribution < 1.29 is 23.5 Å². The van der Waals surface area contributed by atoms with E-state index in [1.54, 1.807) is 25.2 Å². The fourth-order valence-corrected chi connectivity index (χ4v) is 5.18. The van der Waals surface area contributed by atoms with Gasteiger partial charge in [-0.25, -0.2) is 0 Å². The van der Waals surface area contributed by atoms with Crippen LogP contribution in [0.5, 0.6) is 0 Å². The zero-order chi connectivity index (χ0) is 19.7. The first-order valence-electron chi connectivity index (χ1n) is 9.38. The number of amides is 1. The lowest BCUT2D eigenvalue weighted by Gasteiger charge is -2.32. The van der Waals surface area contributed by atoms with Crippen molar-refractivity contribution in [2.75, 3.05) is 26.6 Å². The van der Waals surface area contributed by atoms with Crippen LogP contribution in [0.4, 0.5) is 0 Å². The highest BCUT2D eigenvalue weighted by Crippen LogP contribution is 2.31. The standard InChI is InChI=1S/C20H24N2O5S/c1-25-20(26-2)13-7-5-9-22(13)19(24)16-18(28-11-21-16)17(23)15-10-12-6-3-4-8-14(12)27-15/h3-4,6,8,10,13,16,18,20-21H,5,7,9,11H2,1-2H3/t13-,16-,18?/m0/s1. The predicted octanol–water partition coefficient (Wildman–Crippen LogP) is 2.26. The summed E-state index contributed by atoms with van der Waals surface area (Å²) in [5.74, 6) is 0.602. The molecular weight excluding hydrogens is 380 g/mol. The van der Waals surface area contributed by atoms with Crippen molar-refractivity contribution in [2.24, 2.45) is 0 Å². The van der Waals surface area contributed by atoms with Gasteiger partial charge in [-0.1, -0.05) is 18.2 Å². The number of ether oxygens (including phenoxy) is 2. The van der Waals surface area contributed by atoms with E-state index >= 15 is 0 Å². The van der Waals surface area contributed by atoms with Gasteiger partial charge in [0.2, 0.25) is 11.7 Å². The smallest absolute Gasteiger partial charge is 0.241 e. The molecule has 0 aliphatic carbocycles. The molecule has 28 heavy (non-hydrogen) atoms. The molecule has 1 unspecified atom stereocenters. The largest absolute Gasteiger partial charge is 0.453 e. The van der Waals surface area contributed by atoms with Crippen LogP contribution in [-0.2, 0) is 14.3 Å². The second kappa shape index (κ2) is 8.24. The summed E-state index contributed by atoms with van der Waals surface area (Å²) in [4.78, 5) is 28.2. The molecule has 7 nitrogen and oxygen atoms in total. The Morgan fingerprint density at radius 1 is 1.29 bits per heavy atom. The molecule has 8 heteroatoms. The van der Waals surface area contributed by atoms with Crippen LogP contribution in [0.25, 0.3) is 11.0 Å². The number of carbonyl (C=O) groups excluding carboxylic acids is 2. The Balaban J connectivity index is 1.54. The van der Waals surface area contributed by atoms with E-state index in [1.807, 2.05) is 24.3 Å². The molecule has 2 aliphatic heterocycles. The Kier molecular flexibility index (Phi) is 5.73. The summed E-state index contributed by atoms with van der Waals surface area (Å²) >= 11 is 1.44. The van der Waals surface area contributed by atoms with Gasteiger partial charge in [-0.3, -0.25) is 14.9 Å². The molecule has 1 N–H and O–H groups in total. The van der Waals surface area contributed by atoms with Crippen LogP contribution in [-0.4, -0.2) is 66.9 Å². The lowest BCUT2D eigenvalue weighted by atomic mass is 10.1. The first-order chi connectivity index (χ1) is 13.6. The van der Waals surface area contributed by atoms with Gasteiger partial charge >= 0.3 is 0 Å². The molecule has 2 aromatic rings. The zero-order valence-electron chi connectivity index (χ0n) is 15.9. The second-order valence-corrected chi connectivity index (χ2v) is 8.14. The predicted molar refractivity (Wildman–Crippen MR) is 106 cm³/mol. The van der Waals surface area contributed by atoms with E-state index in [1.165, 1.54) is 11.8 Å². The van der Waals surface area contributed by atoms with E-state index in [2.05, 4.69) is 5.32 Å². The van der Waals surface area contributed by atoms with Crippen LogP contribution in [0.3, 0.4) is 0 Å². The third-order valence-electron chi connectivity index (χ3n) is 5.42. The number of nitrogens with one attached hydrogen (secondary N) is 1. The number of hydrogen-bond donors (Lipinski definition) is 1. The molecule has 2 aliphatic rings. The molecule has 0 radical (unpaired) electrons. The van der Waals surface area contributed by atoms with Gasteiger partial charge in [0.15, 0.2) is 12.1 Å². The molecule has 1 aromatic heterocycles. The van der Waals surface area contributed by atoms with E-state index in [9.17, 15) is 9.59 Å². The number of para-hydroxylation sites is 1. The Bertz CT molecular complexity index is 832. The van der Waals surface area contributed by atoms with E-state index in [0.29, 0.717) is 23.8 Å². The van der Waals surface area contributed by atoms with E-state index in [4.69, 9.17) is 13.9 Å². The normalized spacial score (nSPS) is 25.1. The van der Waals surface area contributed by atoms with Crippen molar-refractivity contribution in [1.29, 1.82) is 0 Å². The molecule has 2 fully saturated rings. The Hall–Kier alpha value is -1.87. The van der Waals surface area contributed by atoms with Crippen molar-refractivity contribution in [1.82, 2.24) is 10.2 Å². The quantitative estimate of drug-likeness (QED) is 0.584. The molecule has 3 heterocycles. The maximum Gasteiger partial charge on any atom is 0.241 e. The van der Waals surface area contributed by atoms with Gasteiger partial charge in [0.05, 0.1) is 11.3 Å². The Morgan fingerprint density at radius 3 is 2.82 bits per heavy atom. The molecule has 3 atom stereocenters. The van der Waals surface area contributed by atoms with E-state index in [0.717, 1.165) is 18.2 Å². The van der Waals surface area contributed by atoms with Crippen molar-refractivity contribution in [2.45, 2.75) is 36.5 Å². The van der Waals surface area contributed by atoms with E-state index < -0.39 is 17.6 Å². The van der Waals surface area contributed by atoms with Crippen molar-refractivity contribution in [3.8, 4) is 0 Å². The number of Topliss-reactive ketones (excluding diaryl/α,β-unsaturated/α-hetero) is 1. The summed E-state index contributed by atoms with van der Waals surface area (Å²) in [7, 11) is 3.15. The van der Waals surface area contributed by atoms with Gasteiger partial charge in [-0.15, -0.1) is 11.8 Å². The number of methoxy groups -OCH3 is 2. The highest BCUT2D eigenvalue weighted by atomic mass is 32.2. The number of hydrogen-bond acceptors (Lipinski definition) is 7. The van der Waals surface area contributed by atoms with Crippen LogP contribution in [0.2, 0.25) is 0 Å². The third kappa shape index (κ3) is 3.45. The highest BCUT2D eigenvalue weighted by molar-refractivity contribution is 8.00. The number of fused-ring (bicyclic) bond motifs is 1.